The Morgan fingerprint density at radius 3 is 1.88 bits per heavy atom. The highest BCUT2D eigenvalue weighted by Gasteiger charge is 2.66. The summed E-state index contributed by atoms with van der Waals surface area (Å²) >= 11 is 0. The monoisotopic (exact) mass is 545 g/mol. The lowest BCUT2D eigenvalue weighted by atomic mass is 9.59. The van der Waals surface area contributed by atoms with Crippen LogP contribution in [-0.2, 0) is 43.5 Å². The molecule has 0 saturated heterocycles. The summed E-state index contributed by atoms with van der Waals surface area (Å²) in [6.45, 7) is 0.598. The number of benzene rings is 4. The van der Waals surface area contributed by atoms with E-state index in [1.807, 2.05) is 109 Å². The third-order valence-corrected chi connectivity index (χ3v) is 8.32. The predicted molar refractivity (Wildman–Crippen MR) is 155 cm³/mol. The van der Waals surface area contributed by atoms with Crippen LogP contribution in [0.3, 0.4) is 0 Å². The van der Waals surface area contributed by atoms with Crippen LogP contribution in [0.5, 0.6) is 0 Å². The maximum Gasteiger partial charge on any atom is 0.327 e. The first-order valence-corrected chi connectivity index (χ1v) is 13.9. The maximum absolute atomic E-state index is 14.6. The van der Waals surface area contributed by atoms with Gasteiger partial charge in [0.05, 0.1) is 6.04 Å². The van der Waals surface area contributed by atoms with Crippen molar-refractivity contribution < 1.29 is 23.9 Å². The Morgan fingerprint density at radius 1 is 0.732 bits per heavy atom. The maximum atomic E-state index is 14.6. The van der Waals surface area contributed by atoms with Gasteiger partial charge in [0, 0.05) is 24.6 Å². The van der Waals surface area contributed by atoms with E-state index in [0.717, 1.165) is 46.2 Å². The van der Waals surface area contributed by atoms with Gasteiger partial charge >= 0.3 is 11.9 Å². The Bertz CT molecular complexity index is 1500. The number of carbonyl (C=O) groups is 3. The van der Waals surface area contributed by atoms with Crippen molar-refractivity contribution >= 4 is 23.9 Å². The number of hydrogen-bond acceptors (Lipinski definition) is 6. The van der Waals surface area contributed by atoms with E-state index in [1.165, 1.54) is 0 Å². The zero-order valence-corrected chi connectivity index (χ0v) is 22.6. The first-order chi connectivity index (χ1) is 20.1. The lowest BCUT2D eigenvalue weighted by Crippen LogP contribution is -2.60. The Labute approximate surface area is 239 Å². The van der Waals surface area contributed by atoms with E-state index in [9.17, 15) is 14.4 Å². The summed E-state index contributed by atoms with van der Waals surface area (Å²) in [5, 5.41) is 0. The molecule has 41 heavy (non-hydrogen) atoms. The second-order valence-electron chi connectivity index (χ2n) is 10.6. The summed E-state index contributed by atoms with van der Waals surface area (Å²) in [6, 6.07) is 33.7. The van der Waals surface area contributed by atoms with Gasteiger partial charge in [-0.05, 0) is 40.3 Å². The summed E-state index contributed by atoms with van der Waals surface area (Å²) in [5.74, 6) is -2.16. The van der Waals surface area contributed by atoms with E-state index in [0.29, 0.717) is 6.54 Å². The number of rotatable bonds is 8. The van der Waals surface area contributed by atoms with Crippen LogP contribution >= 0.6 is 0 Å². The number of carbonyl (C=O) groups excluding carboxylic acids is 3. The molecule has 1 unspecified atom stereocenters. The second kappa shape index (κ2) is 11.4. The van der Waals surface area contributed by atoms with Crippen LogP contribution in [0.4, 0.5) is 5.69 Å². The van der Waals surface area contributed by atoms with Crippen molar-refractivity contribution in [3.8, 4) is 0 Å². The van der Waals surface area contributed by atoms with Crippen molar-refractivity contribution in [2.75, 3.05) is 11.4 Å². The Morgan fingerprint density at radius 2 is 1.27 bits per heavy atom. The zero-order valence-electron chi connectivity index (χ0n) is 22.6. The Balaban J connectivity index is 1.53. The Kier molecular flexibility index (Phi) is 7.38. The van der Waals surface area contributed by atoms with Gasteiger partial charge in [-0.2, -0.15) is 0 Å². The fourth-order valence-electron chi connectivity index (χ4n) is 6.48. The molecule has 0 aliphatic carbocycles. The molecule has 0 aromatic heterocycles. The van der Waals surface area contributed by atoms with Crippen molar-refractivity contribution in [1.82, 2.24) is 0 Å². The minimum Gasteiger partial charge on any atom is -0.460 e. The molecule has 0 saturated carbocycles. The minimum atomic E-state index is -1.82. The van der Waals surface area contributed by atoms with Gasteiger partial charge in [-0.25, -0.2) is 0 Å². The van der Waals surface area contributed by atoms with Crippen LogP contribution in [0.25, 0.3) is 0 Å². The topological polar surface area (TPSA) is 72.9 Å². The number of para-hydroxylation sites is 1. The molecule has 2 atom stereocenters. The number of nitrogens with zero attached hydrogens (tertiary/aromatic N) is 1. The standard InChI is InChI=1S/C35H31NO5/c37-22-20-30-29-17-9-10-18-31(29)36-21-19-27-15-7-8-16-28(27)32(36)35(30,33(38)40-23-25-11-3-1-4-12-25)34(39)41-24-26-13-5-2-6-14-26/h1-18,22,30,32H,19-21,23-24H2/t30-,32?/m0/s1. The SMILES string of the molecule is O=CC[C@H]1c2ccccc2N2CCc3ccccc3C2C1(C(=O)OCc1ccccc1)C(=O)OCc1ccccc1. The first-order valence-electron chi connectivity index (χ1n) is 13.9. The predicted octanol–water partition coefficient (Wildman–Crippen LogP) is 5.95. The molecular weight excluding hydrogens is 514 g/mol. The summed E-state index contributed by atoms with van der Waals surface area (Å²) < 4.78 is 12.0. The summed E-state index contributed by atoms with van der Waals surface area (Å²) in [7, 11) is 0. The highest BCUT2D eigenvalue weighted by Crippen LogP contribution is 2.60. The molecule has 4 aromatic rings. The summed E-state index contributed by atoms with van der Waals surface area (Å²) in [4.78, 5) is 43.7. The van der Waals surface area contributed by atoms with Crippen molar-refractivity contribution in [2.24, 2.45) is 5.41 Å². The minimum absolute atomic E-state index is 0.00277. The fourth-order valence-corrected chi connectivity index (χ4v) is 6.48. The molecule has 0 radical (unpaired) electrons. The molecule has 2 heterocycles. The quantitative estimate of drug-likeness (QED) is 0.155. The van der Waals surface area contributed by atoms with Crippen LogP contribution in [0.1, 0.15) is 46.2 Å². The van der Waals surface area contributed by atoms with Gasteiger partial charge in [-0.1, -0.05) is 103 Å². The van der Waals surface area contributed by atoms with Crippen LogP contribution in [0, 0.1) is 5.41 Å². The van der Waals surface area contributed by atoms with Crippen LogP contribution < -0.4 is 4.90 Å². The third-order valence-electron chi connectivity index (χ3n) is 8.32. The molecular formula is C35H31NO5. The summed E-state index contributed by atoms with van der Waals surface area (Å²) in [6.07, 6.45) is 1.51. The molecule has 2 aliphatic heterocycles. The van der Waals surface area contributed by atoms with Crippen molar-refractivity contribution in [3.63, 3.8) is 0 Å². The normalized spacial score (nSPS) is 18.3. The molecule has 6 heteroatoms. The van der Waals surface area contributed by atoms with Crippen LogP contribution in [-0.4, -0.2) is 24.8 Å². The molecule has 2 aliphatic rings. The van der Waals surface area contributed by atoms with E-state index in [-0.39, 0.29) is 19.6 Å². The van der Waals surface area contributed by atoms with Crippen molar-refractivity contribution in [1.29, 1.82) is 0 Å². The largest absolute Gasteiger partial charge is 0.460 e. The molecule has 0 fully saturated rings. The third kappa shape index (κ3) is 4.69. The van der Waals surface area contributed by atoms with E-state index < -0.39 is 29.3 Å². The molecule has 6 rings (SSSR count). The lowest BCUT2D eigenvalue weighted by molar-refractivity contribution is -0.179. The van der Waals surface area contributed by atoms with Gasteiger partial charge in [0.25, 0.3) is 0 Å². The lowest BCUT2D eigenvalue weighted by Gasteiger charge is -2.54. The smallest absolute Gasteiger partial charge is 0.327 e. The van der Waals surface area contributed by atoms with Gasteiger partial charge in [0.1, 0.15) is 19.5 Å². The molecule has 0 bridgehead atoms. The first kappa shape index (κ1) is 26.5. The number of aldehydes is 1. The number of fused-ring (bicyclic) bond motifs is 5. The van der Waals surface area contributed by atoms with E-state index >= 15 is 0 Å². The average Bonchev–Trinajstić information content (AvgIpc) is 3.03. The fraction of sp³-hybridized carbons (Fsp3) is 0.229. The van der Waals surface area contributed by atoms with Gasteiger partial charge < -0.3 is 19.2 Å². The molecule has 0 spiro atoms. The van der Waals surface area contributed by atoms with E-state index in [1.54, 1.807) is 0 Å². The van der Waals surface area contributed by atoms with Crippen LogP contribution in [0.15, 0.2) is 109 Å². The van der Waals surface area contributed by atoms with Gasteiger partial charge in [-0.15, -0.1) is 0 Å². The number of ether oxygens (including phenoxy) is 2. The summed E-state index contributed by atoms with van der Waals surface area (Å²) in [5.41, 5.74) is 3.40. The average molecular weight is 546 g/mol. The number of hydrogen-bond donors (Lipinski definition) is 0. The highest BCUT2D eigenvalue weighted by molar-refractivity contribution is 6.04. The number of anilines is 1. The van der Waals surface area contributed by atoms with E-state index in [4.69, 9.17) is 9.47 Å². The zero-order chi connectivity index (χ0) is 28.2. The van der Waals surface area contributed by atoms with Crippen molar-refractivity contribution in [2.45, 2.75) is 38.0 Å². The van der Waals surface area contributed by atoms with Crippen molar-refractivity contribution in [3.05, 3.63) is 137 Å². The van der Waals surface area contributed by atoms with Gasteiger partial charge in [-0.3, -0.25) is 9.59 Å². The molecule has 0 amide bonds. The molecule has 206 valence electrons. The second-order valence-corrected chi connectivity index (χ2v) is 10.6. The van der Waals surface area contributed by atoms with E-state index in [2.05, 4.69) is 4.90 Å². The molecule has 6 nitrogen and oxygen atoms in total. The van der Waals surface area contributed by atoms with Gasteiger partial charge in [0.2, 0.25) is 0 Å². The highest BCUT2D eigenvalue weighted by atomic mass is 16.6. The van der Waals surface area contributed by atoms with Crippen LogP contribution in [0.2, 0.25) is 0 Å². The molecule has 0 N–H and O–H groups in total. The molecule has 4 aromatic carbocycles. The Hall–Kier alpha value is -4.71. The van der Waals surface area contributed by atoms with Gasteiger partial charge in [0.15, 0.2) is 5.41 Å². The number of esters is 2.